The molecule has 1 rings (SSSR count). The van der Waals surface area contributed by atoms with Crippen molar-refractivity contribution in [1.82, 2.24) is 0 Å². The van der Waals surface area contributed by atoms with E-state index in [1.807, 2.05) is 0 Å². The van der Waals surface area contributed by atoms with Crippen molar-refractivity contribution in [3.63, 3.8) is 0 Å². The van der Waals surface area contributed by atoms with Crippen LogP contribution in [0.25, 0.3) is 0 Å². The van der Waals surface area contributed by atoms with E-state index in [1.54, 1.807) is 0 Å². The van der Waals surface area contributed by atoms with E-state index in [-0.39, 0.29) is 11.4 Å². The van der Waals surface area contributed by atoms with Crippen LogP contribution in [-0.4, -0.2) is 0 Å². The molecule has 0 saturated heterocycles. The first-order chi connectivity index (χ1) is 5.95. The topological polar surface area (TPSA) is 30.2 Å². The van der Waals surface area contributed by atoms with E-state index >= 15 is 0 Å². The summed E-state index contributed by atoms with van der Waals surface area (Å²) in [6, 6.07) is 1.68. The Labute approximate surface area is 75.9 Å². The van der Waals surface area contributed by atoms with Crippen LogP contribution in [0.2, 0.25) is 0 Å². The van der Waals surface area contributed by atoms with Crippen molar-refractivity contribution >= 4 is 11.6 Å². The zero-order valence-electron chi connectivity index (χ0n) is 6.19. The Morgan fingerprint density at radius 3 is 2.38 bits per heavy atom. The van der Waals surface area contributed by atoms with E-state index in [1.165, 1.54) is 0 Å². The summed E-state index contributed by atoms with van der Waals surface area (Å²) in [7, 11) is 0. The van der Waals surface area contributed by atoms with Gasteiger partial charge in [0.15, 0.2) is 0 Å². The van der Waals surface area contributed by atoms with Gasteiger partial charge in [-0.05, 0) is 12.1 Å². The van der Waals surface area contributed by atoms with Crippen LogP contribution in [0, 0.1) is 0 Å². The number of alkyl halides is 4. The van der Waals surface area contributed by atoms with Gasteiger partial charge in [0.1, 0.15) is 0 Å². The largest absolute Gasteiger partial charge is 0.449 e. The lowest BCUT2D eigenvalue weighted by atomic mass is 10.3. The van der Waals surface area contributed by atoms with Gasteiger partial charge in [0.2, 0.25) is 5.76 Å². The molecule has 0 aliphatic heterocycles. The highest BCUT2D eigenvalue weighted by molar-refractivity contribution is 6.17. The SMILES string of the molecule is O=c1oc(C(F)(F)F)ccc1CCl. The van der Waals surface area contributed by atoms with E-state index in [0.29, 0.717) is 6.07 Å². The van der Waals surface area contributed by atoms with Crippen molar-refractivity contribution in [2.45, 2.75) is 12.1 Å². The Morgan fingerprint density at radius 1 is 1.38 bits per heavy atom. The molecule has 0 N–H and O–H groups in total. The minimum Gasteiger partial charge on any atom is -0.418 e. The van der Waals surface area contributed by atoms with Gasteiger partial charge in [0, 0.05) is 0 Å². The third-order valence-electron chi connectivity index (χ3n) is 1.32. The summed E-state index contributed by atoms with van der Waals surface area (Å²) < 4.78 is 39.8. The molecule has 0 radical (unpaired) electrons. The fourth-order valence-electron chi connectivity index (χ4n) is 0.695. The van der Waals surface area contributed by atoms with Gasteiger partial charge >= 0.3 is 11.8 Å². The first kappa shape index (κ1) is 10.1. The molecule has 1 aromatic heterocycles. The number of halogens is 4. The molecule has 13 heavy (non-hydrogen) atoms. The lowest BCUT2D eigenvalue weighted by Gasteiger charge is -2.03. The van der Waals surface area contributed by atoms with E-state index in [9.17, 15) is 18.0 Å². The van der Waals surface area contributed by atoms with Crippen molar-refractivity contribution in [1.29, 1.82) is 0 Å². The third kappa shape index (κ3) is 2.24. The summed E-state index contributed by atoms with van der Waals surface area (Å²) in [6.07, 6.45) is -4.63. The molecule has 0 aromatic carbocycles. The highest BCUT2D eigenvalue weighted by Crippen LogP contribution is 2.28. The highest BCUT2D eigenvalue weighted by Gasteiger charge is 2.34. The Kier molecular flexibility index (Phi) is 2.66. The van der Waals surface area contributed by atoms with Crippen molar-refractivity contribution in [3.05, 3.63) is 33.9 Å². The van der Waals surface area contributed by atoms with Gasteiger partial charge in [-0.3, -0.25) is 0 Å². The molecule has 0 aliphatic rings. The van der Waals surface area contributed by atoms with Crippen LogP contribution >= 0.6 is 11.6 Å². The third-order valence-corrected chi connectivity index (χ3v) is 1.61. The summed E-state index contributed by atoms with van der Waals surface area (Å²) in [6.45, 7) is 0. The predicted octanol–water partition coefficient (Wildman–Crippen LogP) is 2.40. The van der Waals surface area contributed by atoms with E-state index < -0.39 is 17.6 Å². The van der Waals surface area contributed by atoms with Gasteiger partial charge in [0.05, 0.1) is 11.4 Å². The minimum absolute atomic E-state index is 0.00895. The molecule has 2 nitrogen and oxygen atoms in total. The summed E-state index contributed by atoms with van der Waals surface area (Å²) >= 11 is 5.26. The first-order valence-electron chi connectivity index (χ1n) is 3.21. The molecule has 6 heteroatoms. The van der Waals surface area contributed by atoms with Gasteiger partial charge in [0.25, 0.3) is 0 Å². The average molecular weight is 213 g/mol. The van der Waals surface area contributed by atoms with Crippen LogP contribution < -0.4 is 5.63 Å². The monoisotopic (exact) mass is 212 g/mol. The standard InChI is InChI=1S/C7H4ClF3O2/c8-3-4-1-2-5(7(9,10)11)13-6(4)12/h1-2H,3H2. The molecule has 0 aliphatic carbocycles. The second kappa shape index (κ2) is 3.41. The Morgan fingerprint density at radius 2 is 2.00 bits per heavy atom. The predicted molar refractivity (Wildman–Crippen MR) is 39.5 cm³/mol. The minimum atomic E-state index is -4.63. The van der Waals surface area contributed by atoms with Crippen molar-refractivity contribution in [2.75, 3.05) is 0 Å². The Hall–Kier alpha value is -0.970. The second-order valence-electron chi connectivity index (χ2n) is 2.24. The van der Waals surface area contributed by atoms with Gasteiger partial charge in [-0.2, -0.15) is 13.2 Å². The van der Waals surface area contributed by atoms with E-state index in [2.05, 4.69) is 4.42 Å². The molecule has 0 spiro atoms. The fourth-order valence-corrected chi connectivity index (χ4v) is 0.893. The number of hydrogen-bond donors (Lipinski definition) is 0. The Balaban J connectivity index is 3.18. The van der Waals surface area contributed by atoms with E-state index in [4.69, 9.17) is 11.6 Å². The highest BCUT2D eigenvalue weighted by atomic mass is 35.5. The van der Waals surface area contributed by atoms with E-state index in [0.717, 1.165) is 6.07 Å². The molecule has 0 unspecified atom stereocenters. The molecule has 72 valence electrons. The van der Waals surface area contributed by atoms with Crippen LogP contribution in [0.1, 0.15) is 11.3 Å². The molecular formula is C7H4ClF3O2. The van der Waals surface area contributed by atoms with Crippen LogP contribution in [0.4, 0.5) is 13.2 Å². The lowest BCUT2D eigenvalue weighted by molar-refractivity contribution is -0.154. The fraction of sp³-hybridized carbons (Fsp3) is 0.286. The number of hydrogen-bond acceptors (Lipinski definition) is 2. The molecule has 0 bridgehead atoms. The molecule has 0 saturated carbocycles. The average Bonchev–Trinajstić information content (AvgIpc) is 2.02. The normalized spacial score (nSPS) is 11.7. The number of rotatable bonds is 1. The van der Waals surface area contributed by atoms with Crippen LogP contribution in [0.5, 0.6) is 0 Å². The molecular weight excluding hydrogens is 209 g/mol. The van der Waals surface area contributed by atoms with Crippen molar-refractivity contribution < 1.29 is 17.6 Å². The molecule has 0 amide bonds. The molecule has 0 atom stereocenters. The van der Waals surface area contributed by atoms with Crippen molar-refractivity contribution in [3.8, 4) is 0 Å². The van der Waals surface area contributed by atoms with Gasteiger partial charge < -0.3 is 4.42 Å². The maximum atomic E-state index is 11.9. The molecule has 1 heterocycles. The molecule has 1 aromatic rings. The second-order valence-corrected chi connectivity index (χ2v) is 2.51. The lowest BCUT2D eigenvalue weighted by Crippen LogP contribution is -2.12. The zero-order chi connectivity index (χ0) is 10.1. The smallest absolute Gasteiger partial charge is 0.418 e. The summed E-state index contributed by atoms with van der Waals surface area (Å²) in [5.74, 6) is -1.48. The van der Waals surface area contributed by atoms with Crippen LogP contribution in [0.15, 0.2) is 21.3 Å². The van der Waals surface area contributed by atoms with Gasteiger partial charge in [-0.1, -0.05) is 0 Å². The van der Waals surface area contributed by atoms with Crippen molar-refractivity contribution in [2.24, 2.45) is 0 Å². The maximum Gasteiger partial charge on any atom is 0.449 e. The summed E-state index contributed by atoms with van der Waals surface area (Å²) in [5.41, 5.74) is -1.04. The summed E-state index contributed by atoms with van der Waals surface area (Å²) in [4.78, 5) is 10.8. The first-order valence-corrected chi connectivity index (χ1v) is 3.75. The van der Waals surface area contributed by atoms with Gasteiger partial charge in [-0.25, -0.2) is 4.79 Å². The maximum absolute atomic E-state index is 11.9. The summed E-state index contributed by atoms with van der Waals surface area (Å²) in [5, 5.41) is 0. The quantitative estimate of drug-likeness (QED) is 0.669. The van der Waals surface area contributed by atoms with Crippen LogP contribution in [0.3, 0.4) is 0 Å². The molecule has 0 fully saturated rings. The Bertz CT molecular complexity index is 355. The van der Waals surface area contributed by atoms with Crippen LogP contribution in [-0.2, 0) is 12.1 Å². The zero-order valence-corrected chi connectivity index (χ0v) is 6.95. The van der Waals surface area contributed by atoms with Gasteiger partial charge in [-0.15, -0.1) is 11.6 Å².